The summed E-state index contributed by atoms with van der Waals surface area (Å²) in [7, 11) is 0. The molecular formula is C9H10F3N3S. The van der Waals surface area contributed by atoms with Crippen molar-refractivity contribution in [2.45, 2.75) is 25.6 Å². The molecule has 3 N–H and O–H groups in total. The minimum absolute atomic E-state index is 0.286. The number of rotatable bonds is 3. The smallest absolute Gasteiger partial charge is 0.391 e. The molecule has 0 aliphatic heterocycles. The molecule has 3 nitrogen and oxygen atoms in total. The summed E-state index contributed by atoms with van der Waals surface area (Å²) in [5.74, 6) is 0. The van der Waals surface area contributed by atoms with E-state index in [1.165, 1.54) is 13.0 Å². The quantitative estimate of drug-likeness (QED) is 0.865. The number of hydrogen-bond acceptors (Lipinski definition) is 4. The van der Waals surface area contributed by atoms with Gasteiger partial charge in [0.2, 0.25) is 0 Å². The maximum atomic E-state index is 12.0. The first-order chi connectivity index (χ1) is 7.31. The van der Waals surface area contributed by atoms with E-state index in [4.69, 9.17) is 11.0 Å². The third kappa shape index (κ3) is 3.62. The van der Waals surface area contributed by atoms with Crippen LogP contribution in [0, 0.1) is 11.3 Å². The summed E-state index contributed by atoms with van der Waals surface area (Å²) in [4.78, 5) is 0.307. The summed E-state index contributed by atoms with van der Waals surface area (Å²) >= 11 is 1.05. The highest BCUT2D eigenvalue weighted by Gasteiger charge is 2.30. The molecule has 0 bridgehead atoms. The van der Waals surface area contributed by atoms with Gasteiger partial charge in [-0.3, -0.25) is 0 Å². The number of nitrogen functional groups attached to an aromatic ring is 1. The predicted octanol–water partition coefficient (Wildman–Crippen LogP) is 2.95. The second-order valence-corrected chi connectivity index (χ2v) is 4.42. The van der Waals surface area contributed by atoms with Gasteiger partial charge in [0.1, 0.15) is 10.9 Å². The van der Waals surface area contributed by atoms with Crippen LogP contribution in [0.15, 0.2) is 6.07 Å². The van der Waals surface area contributed by atoms with Gasteiger partial charge in [0.15, 0.2) is 0 Å². The Morgan fingerprint density at radius 3 is 2.69 bits per heavy atom. The van der Waals surface area contributed by atoms with E-state index in [9.17, 15) is 13.2 Å². The van der Waals surface area contributed by atoms with Crippen LogP contribution in [-0.2, 0) is 0 Å². The van der Waals surface area contributed by atoms with Crippen molar-refractivity contribution >= 4 is 22.0 Å². The van der Waals surface area contributed by atoms with Crippen molar-refractivity contribution < 1.29 is 13.2 Å². The lowest BCUT2D eigenvalue weighted by Gasteiger charge is -2.15. The molecule has 0 saturated carbocycles. The van der Waals surface area contributed by atoms with Crippen LogP contribution in [-0.4, -0.2) is 12.2 Å². The zero-order valence-electron chi connectivity index (χ0n) is 8.43. The fraction of sp³-hybridized carbons (Fsp3) is 0.444. The maximum Gasteiger partial charge on any atom is 0.391 e. The topological polar surface area (TPSA) is 61.8 Å². The molecule has 0 fully saturated rings. The first-order valence-electron chi connectivity index (χ1n) is 4.44. The van der Waals surface area contributed by atoms with Gasteiger partial charge in [-0.2, -0.15) is 18.4 Å². The number of nitrogens with one attached hydrogen (secondary N) is 1. The third-order valence-electron chi connectivity index (χ3n) is 1.79. The lowest BCUT2D eigenvalue weighted by Crippen LogP contribution is -2.23. The normalized spacial score (nSPS) is 13.2. The average Bonchev–Trinajstić information content (AvgIpc) is 2.42. The van der Waals surface area contributed by atoms with Crippen LogP contribution in [0.25, 0.3) is 0 Å². The molecule has 1 rings (SSSR count). The van der Waals surface area contributed by atoms with Crippen molar-refractivity contribution in [1.82, 2.24) is 0 Å². The molecule has 88 valence electrons. The molecule has 1 heterocycles. The second-order valence-electron chi connectivity index (χ2n) is 3.37. The van der Waals surface area contributed by atoms with E-state index in [0.29, 0.717) is 9.88 Å². The second kappa shape index (κ2) is 4.61. The molecule has 0 radical (unpaired) electrons. The Kier molecular flexibility index (Phi) is 3.65. The molecule has 0 aliphatic rings. The SMILES string of the molecule is CC(CC(F)(F)F)Nc1cc(N)c(C#N)s1. The number of nitrogens with zero attached hydrogens (tertiary/aromatic N) is 1. The summed E-state index contributed by atoms with van der Waals surface area (Å²) in [5, 5.41) is 11.8. The molecule has 1 aromatic rings. The summed E-state index contributed by atoms with van der Waals surface area (Å²) in [6, 6.07) is 2.59. The summed E-state index contributed by atoms with van der Waals surface area (Å²) in [6.07, 6.45) is -5.13. The Labute approximate surface area is 94.7 Å². The van der Waals surface area contributed by atoms with Gasteiger partial charge in [0.25, 0.3) is 0 Å². The Balaban J connectivity index is 2.64. The third-order valence-corrected chi connectivity index (χ3v) is 2.78. The van der Waals surface area contributed by atoms with Gasteiger partial charge in [-0.25, -0.2) is 0 Å². The van der Waals surface area contributed by atoms with Crippen LogP contribution < -0.4 is 11.1 Å². The zero-order chi connectivity index (χ0) is 12.3. The minimum Gasteiger partial charge on any atom is -0.397 e. The highest BCUT2D eigenvalue weighted by Crippen LogP contribution is 2.30. The monoisotopic (exact) mass is 249 g/mol. The lowest BCUT2D eigenvalue weighted by atomic mass is 10.2. The molecule has 16 heavy (non-hydrogen) atoms. The Hall–Kier alpha value is -1.42. The van der Waals surface area contributed by atoms with Crippen LogP contribution in [0.4, 0.5) is 23.9 Å². The molecule has 1 aromatic heterocycles. The predicted molar refractivity (Wildman–Crippen MR) is 57.2 cm³/mol. The van der Waals surface area contributed by atoms with E-state index in [1.54, 1.807) is 0 Å². The van der Waals surface area contributed by atoms with Crippen molar-refractivity contribution in [2.24, 2.45) is 0 Å². The molecule has 0 aliphatic carbocycles. The van der Waals surface area contributed by atoms with E-state index >= 15 is 0 Å². The summed E-state index contributed by atoms with van der Waals surface area (Å²) in [5.41, 5.74) is 5.77. The average molecular weight is 249 g/mol. The van der Waals surface area contributed by atoms with Crippen LogP contribution >= 0.6 is 11.3 Å². The van der Waals surface area contributed by atoms with Gasteiger partial charge >= 0.3 is 6.18 Å². The number of halogens is 3. The first-order valence-corrected chi connectivity index (χ1v) is 5.26. The molecule has 1 atom stereocenters. The number of nitriles is 1. The minimum atomic E-state index is -4.20. The highest BCUT2D eigenvalue weighted by molar-refractivity contribution is 7.17. The number of anilines is 2. The number of nitrogens with two attached hydrogens (primary N) is 1. The summed E-state index contributed by atoms with van der Waals surface area (Å²) in [6.45, 7) is 1.43. The first kappa shape index (κ1) is 12.6. The Bertz CT molecular complexity index is 405. The van der Waals surface area contributed by atoms with Gasteiger partial charge in [0, 0.05) is 6.04 Å². The van der Waals surface area contributed by atoms with E-state index in [-0.39, 0.29) is 5.69 Å². The van der Waals surface area contributed by atoms with Gasteiger partial charge in [-0.15, -0.1) is 11.3 Å². The van der Waals surface area contributed by atoms with Crippen LogP contribution in [0.5, 0.6) is 0 Å². The summed E-state index contributed by atoms with van der Waals surface area (Å²) < 4.78 is 36.1. The molecule has 0 saturated heterocycles. The Morgan fingerprint density at radius 1 is 1.62 bits per heavy atom. The van der Waals surface area contributed by atoms with E-state index in [2.05, 4.69) is 5.32 Å². The standard InChI is InChI=1S/C9H10F3N3S/c1-5(3-9(10,11)12)15-8-2-6(14)7(4-13)16-8/h2,5,15H,3,14H2,1H3. The molecular weight excluding hydrogens is 239 g/mol. The van der Waals surface area contributed by atoms with Crippen molar-refractivity contribution in [3.63, 3.8) is 0 Å². The Morgan fingerprint density at radius 2 is 2.25 bits per heavy atom. The number of thiophene rings is 1. The maximum absolute atomic E-state index is 12.0. The fourth-order valence-electron chi connectivity index (χ4n) is 1.20. The van der Waals surface area contributed by atoms with Gasteiger partial charge in [0.05, 0.1) is 17.1 Å². The van der Waals surface area contributed by atoms with E-state index in [0.717, 1.165) is 11.3 Å². The van der Waals surface area contributed by atoms with Gasteiger partial charge in [-0.05, 0) is 13.0 Å². The molecule has 7 heteroatoms. The van der Waals surface area contributed by atoms with Crippen LogP contribution in [0.1, 0.15) is 18.2 Å². The van der Waals surface area contributed by atoms with Crippen LogP contribution in [0.2, 0.25) is 0 Å². The molecule has 0 aromatic carbocycles. The van der Waals surface area contributed by atoms with Gasteiger partial charge < -0.3 is 11.1 Å². The zero-order valence-corrected chi connectivity index (χ0v) is 9.25. The van der Waals surface area contributed by atoms with Crippen molar-refractivity contribution in [3.05, 3.63) is 10.9 Å². The number of hydrogen-bond donors (Lipinski definition) is 2. The van der Waals surface area contributed by atoms with Crippen molar-refractivity contribution in [3.8, 4) is 6.07 Å². The largest absolute Gasteiger partial charge is 0.397 e. The lowest BCUT2D eigenvalue weighted by molar-refractivity contribution is -0.136. The molecule has 1 unspecified atom stereocenters. The van der Waals surface area contributed by atoms with Crippen molar-refractivity contribution in [2.75, 3.05) is 11.1 Å². The van der Waals surface area contributed by atoms with E-state index in [1.807, 2.05) is 6.07 Å². The van der Waals surface area contributed by atoms with Crippen LogP contribution in [0.3, 0.4) is 0 Å². The van der Waals surface area contributed by atoms with E-state index < -0.39 is 18.6 Å². The molecule has 0 spiro atoms. The van der Waals surface area contributed by atoms with Crippen molar-refractivity contribution in [1.29, 1.82) is 5.26 Å². The molecule has 0 amide bonds. The highest BCUT2D eigenvalue weighted by atomic mass is 32.1. The number of alkyl halides is 3. The van der Waals surface area contributed by atoms with Gasteiger partial charge in [-0.1, -0.05) is 0 Å². The fourth-order valence-corrected chi connectivity index (χ4v) is 2.09.